The minimum absolute atomic E-state index is 0.689. The van der Waals surface area contributed by atoms with Crippen LogP contribution in [0.5, 0.6) is 5.75 Å². The lowest BCUT2D eigenvalue weighted by Gasteiger charge is -2.10. The number of aromatic nitrogens is 1. The van der Waals surface area contributed by atoms with Crippen LogP contribution in [0.25, 0.3) is 11.3 Å². The largest absolute Gasteiger partial charge is 0.492 e. The third-order valence-corrected chi connectivity index (χ3v) is 2.38. The lowest BCUT2D eigenvalue weighted by molar-refractivity contribution is 0.261. The summed E-state index contributed by atoms with van der Waals surface area (Å²) in [6, 6.07) is 7.80. The van der Waals surface area contributed by atoms with E-state index in [4.69, 9.17) is 9.15 Å². The van der Waals surface area contributed by atoms with E-state index in [0.29, 0.717) is 6.61 Å². The van der Waals surface area contributed by atoms with Gasteiger partial charge in [0.1, 0.15) is 12.4 Å². The van der Waals surface area contributed by atoms with E-state index in [-0.39, 0.29) is 0 Å². The van der Waals surface area contributed by atoms with Crippen molar-refractivity contribution in [3.8, 4) is 17.1 Å². The Kier molecular flexibility index (Phi) is 3.77. The van der Waals surface area contributed by atoms with Gasteiger partial charge in [0.25, 0.3) is 0 Å². The Hall–Kier alpha value is -1.81. The maximum Gasteiger partial charge on any atom is 0.181 e. The molecule has 0 saturated carbocycles. The van der Waals surface area contributed by atoms with Crippen LogP contribution in [0.4, 0.5) is 0 Å². The van der Waals surface area contributed by atoms with E-state index in [9.17, 15) is 0 Å². The Bertz CT molecular complexity index is 435. The van der Waals surface area contributed by atoms with Gasteiger partial charge in [0, 0.05) is 12.1 Å². The van der Waals surface area contributed by atoms with Gasteiger partial charge in [-0.3, -0.25) is 0 Å². The molecule has 17 heavy (non-hydrogen) atoms. The van der Waals surface area contributed by atoms with Crippen LogP contribution < -0.4 is 4.74 Å². The molecule has 1 heterocycles. The van der Waals surface area contributed by atoms with E-state index in [0.717, 1.165) is 23.6 Å². The Morgan fingerprint density at radius 3 is 2.59 bits per heavy atom. The van der Waals surface area contributed by atoms with Gasteiger partial charge in [-0.2, -0.15) is 0 Å². The molecule has 0 unspecified atom stereocenters. The summed E-state index contributed by atoms with van der Waals surface area (Å²) in [6.07, 6.45) is 3.12. The van der Waals surface area contributed by atoms with Gasteiger partial charge in [0.2, 0.25) is 0 Å². The number of hydrogen-bond acceptors (Lipinski definition) is 4. The highest BCUT2D eigenvalue weighted by Crippen LogP contribution is 2.21. The normalized spacial score (nSPS) is 10.8. The fourth-order valence-corrected chi connectivity index (χ4v) is 1.42. The first-order chi connectivity index (χ1) is 8.25. The summed E-state index contributed by atoms with van der Waals surface area (Å²) in [5, 5.41) is 0. The smallest absolute Gasteiger partial charge is 0.181 e. The number of benzene rings is 1. The van der Waals surface area contributed by atoms with E-state index in [1.165, 1.54) is 6.39 Å². The lowest BCUT2D eigenvalue weighted by Crippen LogP contribution is -2.19. The van der Waals surface area contributed by atoms with Crippen LogP contribution in [0.15, 0.2) is 41.3 Å². The van der Waals surface area contributed by atoms with Crippen LogP contribution >= 0.6 is 0 Å². The predicted octanol–water partition coefficient (Wildman–Crippen LogP) is 2.28. The van der Waals surface area contributed by atoms with Crippen molar-refractivity contribution in [2.75, 3.05) is 27.2 Å². The molecule has 4 nitrogen and oxygen atoms in total. The highest BCUT2D eigenvalue weighted by atomic mass is 16.5. The summed E-state index contributed by atoms with van der Waals surface area (Å²) in [6.45, 7) is 1.60. The zero-order chi connectivity index (χ0) is 12.1. The van der Waals surface area contributed by atoms with E-state index in [1.807, 2.05) is 38.4 Å². The third-order valence-electron chi connectivity index (χ3n) is 2.38. The van der Waals surface area contributed by atoms with Gasteiger partial charge in [0.05, 0.1) is 6.20 Å². The summed E-state index contributed by atoms with van der Waals surface area (Å²) in [5.74, 6) is 1.64. The van der Waals surface area contributed by atoms with Crippen molar-refractivity contribution < 1.29 is 9.15 Å². The van der Waals surface area contributed by atoms with Crippen LogP contribution in [0.1, 0.15) is 0 Å². The predicted molar refractivity (Wildman–Crippen MR) is 66.0 cm³/mol. The SMILES string of the molecule is CN(C)CCOc1ccc(-c2cnco2)cc1. The molecule has 0 atom stereocenters. The lowest BCUT2D eigenvalue weighted by atomic mass is 10.2. The first-order valence-electron chi connectivity index (χ1n) is 5.52. The second-order valence-corrected chi connectivity index (χ2v) is 4.04. The van der Waals surface area contributed by atoms with Gasteiger partial charge in [-0.05, 0) is 38.4 Å². The molecule has 0 saturated heterocycles. The molecule has 0 radical (unpaired) electrons. The van der Waals surface area contributed by atoms with Gasteiger partial charge < -0.3 is 14.1 Å². The quantitative estimate of drug-likeness (QED) is 0.792. The number of nitrogens with zero attached hydrogens (tertiary/aromatic N) is 2. The van der Waals surface area contributed by atoms with E-state index >= 15 is 0 Å². The summed E-state index contributed by atoms with van der Waals surface area (Å²) in [4.78, 5) is 5.97. The van der Waals surface area contributed by atoms with Crippen molar-refractivity contribution in [1.29, 1.82) is 0 Å². The molecule has 1 aromatic heterocycles. The average Bonchev–Trinajstić information content (AvgIpc) is 2.83. The molecule has 0 amide bonds. The van der Waals surface area contributed by atoms with Gasteiger partial charge in [-0.1, -0.05) is 0 Å². The minimum atomic E-state index is 0.689. The van der Waals surface area contributed by atoms with E-state index in [1.54, 1.807) is 6.20 Å². The van der Waals surface area contributed by atoms with Crippen molar-refractivity contribution in [3.63, 3.8) is 0 Å². The fourth-order valence-electron chi connectivity index (χ4n) is 1.42. The van der Waals surface area contributed by atoms with Crippen LogP contribution in [0.2, 0.25) is 0 Å². The van der Waals surface area contributed by atoms with Crippen LogP contribution in [0, 0.1) is 0 Å². The molecule has 2 rings (SSSR count). The number of rotatable bonds is 5. The molecule has 1 aromatic carbocycles. The Balaban J connectivity index is 1.94. The fraction of sp³-hybridized carbons (Fsp3) is 0.308. The Labute approximate surface area is 101 Å². The molecule has 0 aliphatic carbocycles. The number of oxazole rings is 1. The molecule has 4 heteroatoms. The number of hydrogen-bond donors (Lipinski definition) is 0. The molecule has 0 fully saturated rings. The molecular formula is C13H16N2O2. The van der Waals surface area contributed by atoms with Crippen LogP contribution in [-0.2, 0) is 0 Å². The van der Waals surface area contributed by atoms with Crippen molar-refractivity contribution in [1.82, 2.24) is 9.88 Å². The van der Waals surface area contributed by atoms with Gasteiger partial charge in [0.15, 0.2) is 12.2 Å². The third kappa shape index (κ3) is 3.32. The zero-order valence-electron chi connectivity index (χ0n) is 10.1. The molecular weight excluding hydrogens is 216 g/mol. The Morgan fingerprint density at radius 2 is 2.00 bits per heavy atom. The minimum Gasteiger partial charge on any atom is -0.492 e. The first kappa shape index (κ1) is 11.7. The maximum absolute atomic E-state index is 5.60. The zero-order valence-corrected chi connectivity index (χ0v) is 10.1. The molecule has 0 aliphatic heterocycles. The second kappa shape index (κ2) is 5.50. The number of ether oxygens (including phenoxy) is 1. The van der Waals surface area contributed by atoms with Crippen LogP contribution in [-0.4, -0.2) is 37.1 Å². The number of likely N-dealkylation sites (N-methyl/N-ethyl adjacent to an activating group) is 1. The maximum atomic E-state index is 5.60. The van der Waals surface area contributed by atoms with Gasteiger partial charge >= 0.3 is 0 Å². The molecule has 0 bridgehead atoms. The summed E-state index contributed by atoms with van der Waals surface area (Å²) in [7, 11) is 4.05. The second-order valence-electron chi connectivity index (χ2n) is 4.04. The average molecular weight is 232 g/mol. The Morgan fingerprint density at radius 1 is 1.24 bits per heavy atom. The topological polar surface area (TPSA) is 38.5 Å². The van der Waals surface area contributed by atoms with Gasteiger partial charge in [-0.25, -0.2) is 4.98 Å². The molecule has 0 aliphatic rings. The first-order valence-corrected chi connectivity index (χ1v) is 5.52. The summed E-state index contributed by atoms with van der Waals surface area (Å²) >= 11 is 0. The van der Waals surface area contributed by atoms with E-state index in [2.05, 4.69) is 9.88 Å². The monoisotopic (exact) mass is 232 g/mol. The molecule has 0 spiro atoms. The van der Waals surface area contributed by atoms with Crippen molar-refractivity contribution in [2.24, 2.45) is 0 Å². The molecule has 0 N–H and O–H groups in total. The highest BCUT2D eigenvalue weighted by molar-refractivity contribution is 5.57. The van der Waals surface area contributed by atoms with Crippen molar-refractivity contribution >= 4 is 0 Å². The summed E-state index contributed by atoms with van der Waals surface area (Å²) < 4.78 is 10.8. The van der Waals surface area contributed by atoms with Gasteiger partial charge in [-0.15, -0.1) is 0 Å². The van der Waals surface area contributed by atoms with E-state index < -0.39 is 0 Å². The highest BCUT2D eigenvalue weighted by Gasteiger charge is 2.01. The molecule has 2 aromatic rings. The summed E-state index contributed by atoms with van der Waals surface area (Å²) in [5.41, 5.74) is 1.00. The standard InChI is InChI=1S/C13H16N2O2/c1-15(2)7-8-16-12-5-3-11(4-6-12)13-9-14-10-17-13/h3-6,9-10H,7-8H2,1-2H3. The van der Waals surface area contributed by atoms with Crippen LogP contribution in [0.3, 0.4) is 0 Å². The molecule has 90 valence electrons. The van der Waals surface area contributed by atoms with Crippen molar-refractivity contribution in [2.45, 2.75) is 0 Å². The van der Waals surface area contributed by atoms with Crippen molar-refractivity contribution in [3.05, 3.63) is 36.9 Å².